The first-order valence-electron chi connectivity index (χ1n) is 12.3. The second kappa shape index (κ2) is 8.50. The van der Waals surface area contributed by atoms with Gasteiger partial charge in [-0.3, -0.25) is 19.4 Å². The Labute approximate surface area is 200 Å². The van der Waals surface area contributed by atoms with Crippen molar-refractivity contribution in [1.29, 1.82) is 0 Å². The van der Waals surface area contributed by atoms with Gasteiger partial charge in [0, 0.05) is 49.0 Å². The lowest BCUT2D eigenvalue weighted by atomic mass is 9.97. The largest absolute Gasteiger partial charge is 0.339 e. The van der Waals surface area contributed by atoms with Crippen LogP contribution in [0.2, 0.25) is 0 Å². The molecular weight excluding hydrogens is 448 g/mol. The van der Waals surface area contributed by atoms with Gasteiger partial charge in [0.25, 0.3) is 10.0 Å². The molecule has 2 saturated heterocycles. The van der Waals surface area contributed by atoms with Gasteiger partial charge in [-0.15, -0.1) is 0 Å². The van der Waals surface area contributed by atoms with Gasteiger partial charge in [0.2, 0.25) is 5.91 Å². The van der Waals surface area contributed by atoms with Gasteiger partial charge >= 0.3 is 0 Å². The maximum absolute atomic E-state index is 13.3. The monoisotopic (exact) mass is 478 g/mol. The summed E-state index contributed by atoms with van der Waals surface area (Å²) in [5, 5.41) is 0.774. The Bertz CT molecular complexity index is 1260. The van der Waals surface area contributed by atoms with Crippen LogP contribution in [-0.4, -0.2) is 60.8 Å². The van der Waals surface area contributed by atoms with Crippen LogP contribution in [0.15, 0.2) is 65.3 Å². The summed E-state index contributed by atoms with van der Waals surface area (Å²) in [5.74, 6) is 0.807. The van der Waals surface area contributed by atoms with E-state index >= 15 is 0 Å². The normalized spacial score (nSPS) is 27.1. The molecule has 1 aromatic heterocycles. The van der Waals surface area contributed by atoms with Crippen molar-refractivity contribution in [1.82, 2.24) is 19.5 Å². The van der Waals surface area contributed by atoms with Crippen LogP contribution < -0.4 is 4.72 Å². The predicted octanol–water partition coefficient (Wildman–Crippen LogP) is 3.06. The molecule has 2 aliphatic carbocycles. The summed E-state index contributed by atoms with van der Waals surface area (Å²) in [6.45, 7) is 2.85. The number of hydrogen-bond donors (Lipinski definition) is 1. The van der Waals surface area contributed by atoms with Gasteiger partial charge < -0.3 is 4.90 Å². The molecule has 2 aliphatic heterocycles. The molecule has 3 atom stereocenters. The van der Waals surface area contributed by atoms with Crippen molar-refractivity contribution in [2.24, 2.45) is 11.8 Å². The summed E-state index contributed by atoms with van der Waals surface area (Å²) in [6, 6.07) is 9.76. The summed E-state index contributed by atoms with van der Waals surface area (Å²) in [5.41, 5.74) is 0.938. The minimum Gasteiger partial charge on any atom is -0.339 e. The van der Waals surface area contributed by atoms with Crippen molar-refractivity contribution in [3.8, 4) is 0 Å². The van der Waals surface area contributed by atoms with E-state index in [-0.39, 0.29) is 16.7 Å². The van der Waals surface area contributed by atoms with E-state index in [1.54, 1.807) is 30.5 Å². The Morgan fingerprint density at radius 2 is 1.82 bits per heavy atom. The first-order chi connectivity index (χ1) is 16.5. The number of sulfonamides is 1. The molecule has 8 heteroatoms. The van der Waals surface area contributed by atoms with Gasteiger partial charge in [0.15, 0.2) is 0 Å². The van der Waals surface area contributed by atoms with E-state index in [1.165, 1.54) is 32.2 Å². The lowest BCUT2D eigenvalue weighted by Crippen LogP contribution is -2.56. The van der Waals surface area contributed by atoms with Gasteiger partial charge in [-0.1, -0.05) is 30.4 Å². The molecule has 6 rings (SSSR count). The lowest BCUT2D eigenvalue weighted by Gasteiger charge is -2.42. The summed E-state index contributed by atoms with van der Waals surface area (Å²) in [4.78, 5) is 22.4. The highest BCUT2D eigenvalue weighted by molar-refractivity contribution is 7.89. The fraction of sp³-hybridized carbons (Fsp3) is 0.462. The highest BCUT2D eigenvalue weighted by Crippen LogP contribution is 2.37. The molecule has 0 radical (unpaired) electrons. The summed E-state index contributed by atoms with van der Waals surface area (Å²) in [6.07, 6.45) is 12.6. The number of carbonyl (C=O) groups is 1. The quantitative estimate of drug-likeness (QED) is 0.690. The van der Waals surface area contributed by atoms with Crippen molar-refractivity contribution in [2.75, 3.05) is 19.6 Å². The van der Waals surface area contributed by atoms with Crippen LogP contribution in [-0.2, 0) is 14.8 Å². The molecule has 4 aliphatic rings. The topological polar surface area (TPSA) is 82.6 Å². The number of nitrogens with one attached hydrogen (secondary N) is 1. The van der Waals surface area contributed by atoms with E-state index in [1.807, 2.05) is 29.2 Å². The molecule has 2 aromatic rings. The molecule has 3 fully saturated rings. The molecule has 2 bridgehead atoms. The molecule has 1 saturated carbocycles. The second-order valence-corrected chi connectivity index (χ2v) is 11.7. The standard InChI is InChI=1S/C26H30N4O3S/c31-26(29-16-22-12-13-23(17-29)30(22)15-18-6-7-18)20-8-10-21(11-9-20)28-34(32,33)24-5-1-3-19-4-2-14-27-25(19)24/h1-5,8,10-11,14,18,20,22-23,28H,6-7,9,12-13,15-17H2. The average Bonchev–Trinajstić information content (AvgIpc) is 3.63. The second-order valence-electron chi connectivity index (χ2n) is 10.1. The van der Waals surface area contributed by atoms with E-state index in [9.17, 15) is 13.2 Å². The number of amides is 1. The minimum absolute atomic E-state index is 0.151. The number of hydrogen-bond acceptors (Lipinski definition) is 5. The number of allylic oxidation sites excluding steroid dienone is 2. The molecular formula is C26H30N4O3S. The first kappa shape index (κ1) is 21.8. The molecule has 0 spiro atoms. The molecule has 1 aromatic carbocycles. The summed E-state index contributed by atoms with van der Waals surface area (Å²) < 4.78 is 28.8. The van der Waals surface area contributed by atoms with E-state index in [2.05, 4.69) is 14.6 Å². The zero-order valence-corrected chi connectivity index (χ0v) is 20.0. The van der Waals surface area contributed by atoms with Crippen LogP contribution in [0.5, 0.6) is 0 Å². The number of piperazine rings is 1. The summed E-state index contributed by atoms with van der Waals surface area (Å²) >= 11 is 0. The first-order valence-corrected chi connectivity index (χ1v) is 13.8. The number of para-hydroxylation sites is 1. The van der Waals surface area contributed by atoms with E-state index in [4.69, 9.17) is 0 Å². The zero-order valence-electron chi connectivity index (χ0n) is 19.1. The molecule has 1 amide bonds. The predicted molar refractivity (Wildman–Crippen MR) is 130 cm³/mol. The molecule has 7 nitrogen and oxygen atoms in total. The van der Waals surface area contributed by atoms with E-state index in [0.717, 1.165) is 24.4 Å². The molecule has 3 unspecified atom stereocenters. The molecule has 1 N–H and O–H groups in total. The number of aromatic nitrogens is 1. The van der Waals surface area contributed by atoms with Crippen LogP contribution in [0.3, 0.4) is 0 Å². The Morgan fingerprint density at radius 3 is 2.53 bits per heavy atom. The van der Waals surface area contributed by atoms with Gasteiger partial charge in [0.05, 0.1) is 11.4 Å². The van der Waals surface area contributed by atoms with Crippen molar-refractivity contribution in [2.45, 2.75) is 49.1 Å². The van der Waals surface area contributed by atoms with Crippen LogP contribution in [0.4, 0.5) is 0 Å². The highest BCUT2D eigenvalue weighted by Gasteiger charge is 2.43. The Morgan fingerprint density at radius 1 is 1.06 bits per heavy atom. The fourth-order valence-electron chi connectivity index (χ4n) is 5.68. The molecule has 3 heterocycles. The van der Waals surface area contributed by atoms with Crippen molar-refractivity contribution in [3.63, 3.8) is 0 Å². The average molecular weight is 479 g/mol. The number of rotatable bonds is 6. The van der Waals surface area contributed by atoms with Crippen LogP contribution in [0.1, 0.15) is 32.1 Å². The number of likely N-dealkylation sites (tertiary alicyclic amines) is 1. The van der Waals surface area contributed by atoms with Crippen molar-refractivity contribution < 1.29 is 13.2 Å². The van der Waals surface area contributed by atoms with Crippen LogP contribution >= 0.6 is 0 Å². The van der Waals surface area contributed by atoms with Crippen LogP contribution in [0.25, 0.3) is 10.9 Å². The van der Waals surface area contributed by atoms with Gasteiger partial charge in [0.1, 0.15) is 4.90 Å². The third-order valence-corrected chi connectivity index (χ3v) is 9.08. The maximum Gasteiger partial charge on any atom is 0.264 e. The number of fused-ring (bicyclic) bond motifs is 3. The molecule has 34 heavy (non-hydrogen) atoms. The Balaban J connectivity index is 1.10. The highest BCUT2D eigenvalue weighted by atomic mass is 32.2. The number of carbonyl (C=O) groups excluding carboxylic acids is 1. The maximum atomic E-state index is 13.3. The Kier molecular flexibility index (Phi) is 5.45. The minimum atomic E-state index is -3.79. The van der Waals surface area contributed by atoms with Crippen LogP contribution in [0, 0.1) is 11.8 Å². The fourth-order valence-corrected chi connectivity index (χ4v) is 6.94. The molecule has 178 valence electrons. The van der Waals surface area contributed by atoms with E-state index in [0.29, 0.717) is 29.7 Å². The smallest absolute Gasteiger partial charge is 0.264 e. The Hall–Kier alpha value is -2.71. The van der Waals surface area contributed by atoms with E-state index < -0.39 is 10.0 Å². The zero-order chi connectivity index (χ0) is 23.3. The number of benzene rings is 1. The van der Waals surface area contributed by atoms with Gasteiger partial charge in [-0.05, 0) is 56.2 Å². The van der Waals surface area contributed by atoms with Gasteiger partial charge in [-0.2, -0.15) is 0 Å². The van der Waals surface area contributed by atoms with Crippen molar-refractivity contribution >= 4 is 26.8 Å². The third kappa shape index (κ3) is 4.14. The number of pyridine rings is 1. The number of nitrogens with zero attached hydrogens (tertiary/aromatic N) is 3. The lowest BCUT2D eigenvalue weighted by molar-refractivity contribution is -0.137. The van der Waals surface area contributed by atoms with Gasteiger partial charge in [-0.25, -0.2) is 8.42 Å². The summed E-state index contributed by atoms with van der Waals surface area (Å²) in [7, 11) is -3.79. The SMILES string of the molecule is O=C(C1C=CC(NS(=O)(=O)c2cccc3cccnc23)=CC1)N1CC2CCC(C1)N2CC1CC1. The van der Waals surface area contributed by atoms with Crippen molar-refractivity contribution in [3.05, 3.63) is 60.5 Å². The third-order valence-electron chi connectivity index (χ3n) is 7.67.